The van der Waals surface area contributed by atoms with E-state index in [1.165, 1.54) is 12.1 Å². The van der Waals surface area contributed by atoms with E-state index < -0.39 is 0 Å². The van der Waals surface area contributed by atoms with Crippen molar-refractivity contribution >= 4 is 5.96 Å². The molecule has 0 aliphatic carbocycles. The lowest BCUT2D eigenvalue weighted by Crippen LogP contribution is -2.35. The quantitative estimate of drug-likeness (QED) is 0.798. The number of nitrogens with two attached hydrogens (primary N) is 1. The van der Waals surface area contributed by atoms with E-state index in [1.54, 1.807) is 12.1 Å². The molecule has 1 aliphatic rings. The molecule has 1 aromatic rings. The minimum Gasteiger partial charge on any atom is -0.370 e. The Bertz CT molecular complexity index is 372. The third-order valence-corrected chi connectivity index (χ3v) is 2.73. The number of benzene rings is 1. The number of rotatable bonds is 2. The van der Waals surface area contributed by atoms with Crippen molar-refractivity contribution in [3.63, 3.8) is 0 Å². The minimum absolute atomic E-state index is 0.150. The molecule has 4 heteroatoms. The molecule has 0 saturated heterocycles. The molecule has 0 spiro atoms. The molecule has 0 radical (unpaired) electrons. The maximum atomic E-state index is 12.7. The SMILES string of the molecule is CC(c1ccc(F)cc1)N1CCN=C1N. The Labute approximate surface area is 88.4 Å². The Morgan fingerprint density at radius 2 is 2.07 bits per heavy atom. The second kappa shape index (κ2) is 3.88. The Hall–Kier alpha value is -1.58. The summed E-state index contributed by atoms with van der Waals surface area (Å²) in [5, 5.41) is 0. The second-order valence-electron chi connectivity index (χ2n) is 3.66. The van der Waals surface area contributed by atoms with E-state index in [-0.39, 0.29) is 11.9 Å². The van der Waals surface area contributed by atoms with Crippen molar-refractivity contribution in [2.45, 2.75) is 13.0 Å². The van der Waals surface area contributed by atoms with Crippen LogP contribution in [0.3, 0.4) is 0 Å². The molecule has 15 heavy (non-hydrogen) atoms. The highest BCUT2D eigenvalue weighted by Crippen LogP contribution is 2.21. The van der Waals surface area contributed by atoms with Crippen molar-refractivity contribution in [3.05, 3.63) is 35.6 Å². The number of halogens is 1. The Balaban J connectivity index is 2.17. The van der Waals surface area contributed by atoms with Crippen LogP contribution in [0.5, 0.6) is 0 Å². The summed E-state index contributed by atoms with van der Waals surface area (Å²) in [4.78, 5) is 6.15. The zero-order valence-electron chi connectivity index (χ0n) is 8.65. The Kier molecular flexibility index (Phi) is 2.58. The maximum Gasteiger partial charge on any atom is 0.191 e. The van der Waals surface area contributed by atoms with Gasteiger partial charge in [-0.1, -0.05) is 12.1 Å². The van der Waals surface area contributed by atoms with Gasteiger partial charge >= 0.3 is 0 Å². The summed E-state index contributed by atoms with van der Waals surface area (Å²) in [5.74, 6) is 0.362. The maximum absolute atomic E-state index is 12.7. The van der Waals surface area contributed by atoms with E-state index in [2.05, 4.69) is 4.99 Å². The first kappa shape index (κ1) is 9.96. The molecule has 1 heterocycles. The van der Waals surface area contributed by atoms with Gasteiger partial charge in [-0.05, 0) is 24.6 Å². The summed E-state index contributed by atoms with van der Waals surface area (Å²) < 4.78 is 12.7. The van der Waals surface area contributed by atoms with E-state index in [9.17, 15) is 4.39 Å². The van der Waals surface area contributed by atoms with E-state index in [1.807, 2.05) is 11.8 Å². The zero-order valence-corrected chi connectivity index (χ0v) is 8.65. The fourth-order valence-electron chi connectivity index (χ4n) is 1.79. The van der Waals surface area contributed by atoms with Gasteiger partial charge in [0, 0.05) is 6.54 Å². The number of guanidine groups is 1. The number of nitrogens with zero attached hydrogens (tertiary/aromatic N) is 2. The van der Waals surface area contributed by atoms with Gasteiger partial charge < -0.3 is 10.6 Å². The average Bonchev–Trinajstić information content (AvgIpc) is 2.65. The van der Waals surface area contributed by atoms with Gasteiger partial charge in [-0.15, -0.1) is 0 Å². The minimum atomic E-state index is -0.214. The van der Waals surface area contributed by atoms with E-state index in [0.29, 0.717) is 5.96 Å². The van der Waals surface area contributed by atoms with Crippen LogP contribution in [-0.4, -0.2) is 23.9 Å². The second-order valence-corrected chi connectivity index (χ2v) is 3.66. The normalized spacial score (nSPS) is 17.7. The lowest BCUT2D eigenvalue weighted by atomic mass is 10.1. The molecule has 0 saturated carbocycles. The molecule has 2 rings (SSSR count). The summed E-state index contributed by atoms with van der Waals surface area (Å²) >= 11 is 0. The topological polar surface area (TPSA) is 41.6 Å². The van der Waals surface area contributed by atoms with Crippen LogP contribution in [0.1, 0.15) is 18.5 Å². The summed E-state index contributed by atoms with van der Waals surface area (Å²) in [7, 11) is 0. The lowest BCUT2D eigenvalue weighted by Gasteiger charge is -2.25. The van der Waals surface area contributed by atoms with Crippen LogP contribution >= 0.6 is 0 Å². The predicted molar refractivity (Wildman–Crippen MR) is 58.0 cm³/mol. The van der Waals surface area contributed by atoms with Gasteiger partial charge in [0.2, 0.25) is 0 Å². The molecule has 0 amide bonds. The van der Waals surface area contributed by atoms with Gasteiger partial charge in [-0.3, -0.25) is 4.99 Å². The first-order valence-electron chi connectivity index (χ1n) is 5.00. The Morgan fingerprint density at radius 1 is 1.40 bits per heavy atom. The lowest BCUT2D eigenvalue weighted by molar-refractivity contribution is 0.363. The standard InChI is InChI=1S/C11H14FN3/c1-8(15-7-6-14-11(15)13)9-2-4-10(12)5-3-9/h2-5,8H,6-7H2,1H3,(H2,13,14). The van der Waals surface area contributed by atoms with Crippen LogP contribution < -0.4 is 5.73 Å². The van der Waals surface area contributed by atoms with Crippen LogP contribution in [0, 0.1) is 5.82 Å². The third-order valence-electron chi connectivity index (χ3n) is 2.73. The molecule has 3 nitrogen and oxygen atoms in total. The van der Waals surface area contributed by atoms with Gasteiger partial charge in [0.1, 0.15) is 5.82 Å². The summed E-state index contributed by atoms with van der Waals surface area (Å²) in [5.41, 5.74) is 6.80. The van der Waals surface area contributed by atoms with Crippen molar-refractivity contribution < 1.29 is 4.39 Å². The molecular weight excluding hydrogens is 193 g/mol. The van der Waals surface area contributed by atoms with Crippen LogP contribution in [0.4, 0.5) is 4.39 Å². The van der Waals surface area contributed by atoms with Gasteiger partial charge in [0.05, 0.1) is 12.6 Å². The van der Waals surface area contributed by atoms with Gasteiger partial charge in [0.25, 0.3) is 0 Å². The summed E-state index contributed by atoms with van der Waals surface area (Å²) in [6.45, 7) is 3.63. The molecule has 1 unspecified atom stereocenters. The van der Waals surface area contributed by atoms with Crippen molar-refractivity contribution in [1.29, 1.82) is 0 Å². The largest absolute Gasteiger partial charge is 0.370 e. The molecule has 1 aliphatic heterocycles. The van der Waals surface area contributed by atoms with Gasteiger partial charge in [-0.25, -0.2) is 4.39 Å². The van der Waals surface area contributed by atoms with Gasteiger partial charge in [0.15, 0.2) is 5.96 Å². The highest BCUT2D eigenvalue weighted by atomic mass is 19.1. The van der Waals surface area contributed by atoms with E-state index >= 15 is 0 Å². The highest BCUT2D eigenvalue weighted by Gasteiger charge is 2.20. The van der Waals surface area contributed by atoms with E-state index in [4.69, 9.17) is 5.73 Å². The molecule has 2 N–H and O–H groups in total. The zero-order chi connectivity index (χ0) is 10.8. The van der Waals surface area contributed by atoms with Crippen LogP contribution in [0.2, 0.25) is 0 Å². The molecule has 1 atom stereocenters. The third kappa shape index (κ3) is 1.93. The molecule has 80 valence electrons. The first-order chi connectivity index (χ1) is 7.18. The fraction of sp³-hybridized carbons (Fsp3) is 0.364. The molecular formula is C11H14FN3. The molecule has 0 bridgehead atoms. The average molecular weight is 207 g/mol. The van der Waals surface area contributed by atoms with Crippen molar-refractivity contribution in [1.82, 2.24) is 4.90 Å². The summed E-state index contributed by atoms with van der Waals surface area (Å²) in [6, 6.07) is 6.65. The van der Waals surface area contributed by atoms with Crippen molar-refractivity contribution in [3.8, 4) is 0 Å². The first-order valence-corrected chi connectivity index (χ1v) is 5.00. The predicted octanol–water partition coefficient (Wildman–Crippen LogP) is 1.52. The number of aliphatic imine (C=N–C) groups is 1. The number of hydrogen-bond acceptors (Lipinski definition) is 3. The number of hydrogen-bond donors (Lipinski definition) is 1. The molecule has 0 aromatic heterocycles. The van der Waals surface area contributed by atoms with Crippen LogP contribution in [0.15, 0.2) is 29.3 Å². The van der Waals surface area contributed by atoms with E-state index in [0.717, 1.165) is 18.7 Å². The van der Waals surface area contributed by atoms with Crippen molar-refractivity contribution in [2.24, 2.45) is 10.7 Å². The smallest absolute Gasteiger partial charge is 0.191 e. The van der Waals surface area contributed by atoms with Crippen molar-refractivity contribution in [2.75, 3.05) is 13.1 Å². The summed E-state index contributed by atoms with van der Waals surface area (Å²) in [6.07, 6.45) is 0. The monoisotopic (exact) mass is 207 g/mol. The fourth-order valence-corrected chi connectivity index (χ4v) is 1.79. The van der Waals surface area contributed by atoms with Gasteiger partial charge in [-0.2, -0.15) is 0 Å². The molecule has 1 aromatic carbocycles. The molecule has 0 fully saturated rings. The Morgan fingerprint density at radius 3 is 2.60 bits per heavy atom. The highest BCUT2D eigenvalue weighted by molar-refractivity contribution is 5.80. The van der Waals surface area contributed by atoms with Crippen LogP contribution in [-0.2, 0) is 0 Å². The van der Waals surface area contributed by atoms with Crippen LogP contribution in [0.25, 0.3) is 0 Å².